The van der Waals surface area contributed by atoms with Crippen molar-refractivity contribution in [3.05, 3.63) is 46.4 Å². The molecule has 10 heteroatoms. The molecule has 0 spiro atoms. The van der Waals surface area contributed by atoms with E-state index in [-0.39, 0.29) is 11.5 Å². The number of aryl methyl sites for hydroxylation is 1. The highest BCUT2D eigenvalue weighted by molar-refractivity contribution is 7.11. The lowest BCUT2D eigenvalue weighted by Crippen LogP contribution is -2.37. The van der Waals surface area contributed by atoms with Gasteiger partial charge in [0.25, 0.3) is 5.01 Å². The summed E-state index contributed by atoms with van der Waals surface area (Å²) < 4.78 is 40.9. The van der Waals surface area contributed by atoms with Gasteiger partial charge >= 0.3 is 7.25 Å². The third kappa shape index (κ3) is 7.27. The molecule has 1 aromatic carbocycles. The van der Waals surface area contributed by atoms with Gasteiger partial charge in [-0.05, 0) is 48.1 Å². The minimum atomic E-state index is -6.00. The van der Waals surface area contributed by atoms with Gasteiger partial charge in [-0.25, -0.2) is 0 Å². The lowest BCUT2D eigenvalue weighted by Gasteiger charge is -1.97. The Bertz CT molecular complexity index is 726. The maximum Gasteiger partial charge on any atom is 0.673 e. The molecule has 0 saturated carbocycles. The zero-order valence-electron chi connectivity index (χ0n) is 12.7. The first kappa shape index (κ1) is 19.7. The van der Waals surface area contributed by atoms with Crippen molar-refractivity contribution in [2.75, 3.05) is 0 Å². The van der Waals surface area contributed by atoms with Crippen LogP contribution >= 0.6 is 11.3 Å². The fourth-order valence-corrected chi connectivity index (χ4v) is 2.43. The smallest absolute Gasteiger partial charge is 0.504 e. The van der Waals surface area contributed by atoms with E-state index < -0.39 is 7.25 Å². The van der Waals surface area contributed by atoms with Gasteiger partial charge in [0, 0.05) is 11.2 Å². The number of nitrogens with zero attached hydrogens (tertiary/aromatic N) is 2. The average molecular weight is 362 g/mol. The summed E-state index contributed by atoms with van der Waals surface area (Å²) in [4.78, 5) is 0. The Balaban J connectivity index is 0.000000505. The molecule has 0 atom stereocenters. The van der Waals surface area contributed by atoms with Crippen molar-refractivity contribution in [2.45, 2.75) is 13.5 Å². The van der Waals surface area contributed by atoms with Crippen molar-refractivity contribution in [2.24, 2.45) is 0 Å². The summed E-state index contributed by atoms with van der Waals surface area (Å²) in [6.07, 6.45) is 5.59. The summed E-state index contributed by atoms with van der Waals surface area (Å²) in [5.74, 6) is -0.242. The molecule has 0 bridgehead atoms. The zero-order chi connectivity index (χ0) is 18.3. The first-order valence-electron chi connectivity index (χ1n) is 6.66. The minimum Gasteiger partial charge on any atom is -0.504 e. The Morgan fingerprint density at radius 2 is 1.83 bits per heavy atom. The molecule has 1 heterocycles. The van der Waals surface area contributed by atoms with Crippen LogP contribution in [0.15, 0.2) is 30.9 Å². The van der Waals surface area contributed by atoms with Gasteiger partial charge in [0.1, 0.15) is 0 Å². The van der Waals surface area contributed by atoms with Gasteiger partial charge in [-0.3, -0.25) is 0 Å². The van der Waals surface area contributed by atoms with E-state index in [1.54, 1.807) is 23.5 Å². The number of aromatic nitrogens is 2. The summed E-state index contributed by atoms with van der Waals surface area (Å²) in [5, 5.41) is 25.0. The van der Waals surface area contributed by atoms with Crippen molar-refractivity contribution in [3.8, 4) is 11.5 Å². The van der Waals surface area contributed by atoms with Crippen molar-refractivity contribution in [1.82, 2.24) is 5.10 Å². The van der Waals surface area contributed by atoms with Gasteiger partial charge in [-0.15, -0.1) is 0 Å². The number of aromatic hydroxyl groups is 2. The van der Waals surface area contributed by atoms with Crippen molar-refractivity contribution < 1.29 is 32.2 Å². The van der Waals surface area contributed by atoms with E-state index in [1.807, 2.05) is 23.8 Å². The highest BCUT2D eigenvalue weighted by atomic mass is 32.1. The normalized spacial score (nSPS) is 11.2. The first-order chi connectivity index (χ1) is 11.1. The Morgan fingerprint density at radius 3 is 2.38 bits per heavy atom. The van der Waals surface area contributed by atoms with Gasteiger partial charge < -0.3 is 27.5 Å². The predicted molar refractivity (Wildman–Crippen MR) is 86.1 cm³/mol. The molecule has 0 aliphatic carbocycles. The first-order valence-corrected chi connectivity index (χ1v) is 7.47. The predicted octanol–water partition coefficient (Wildman–Crippen LogP) is 3.81. The van der Waals surface area contributed by atoms with E-state index in [2.05, 4.69) is 11.7 Å². The van der Waals surface area contributed by atoms with E-state index in [1.165, 1.54) is 12.1 Å². The van der Waals surface area contributed by atoms with Crippen LogP contribution in [0.3, 0.4) is 0 Å². The van der Waals surface area contributed by atoms with Gasteiger partial charge in [0.2, 0.25) is 0 Å². The molecule has 0 aliphatic rings. The monoisotopic (exact) mass is 362 g/mol. The van der Waals surface area contributed by atoms with Crippen LogP contribution in [0, 0.1) is 6.92 Å². The molecule has 0 saturated heterocycles. The van der Waals surface area contributed by atoms with E-state index >= 15 is 0 Å². The molecule has 0 aliphatic heterocycles. The number of hydrogen-bond donors (Lipinski definition) is 2. The van der Waals surface area contributed by atoms with Gasteiger partial charge in [0.15, 0.2) is 23.1 Å². The molecule has 2 aromatic rings. The molecule has 0 fully saturated rings. The van der Waals surface area contributed by atoms with Gasteiger partial charge in [-0.1, -0.05) is 17.3 Å². The average Bonchev–Trinajstić information content (AvgIpc) is 2.79. The number of hydrogen-bond acceptors (Lipinski definition) is 4. The standard InChI is InChI=1S/C14H14N2O2S.BF4/c1-3-8-16-14(19-10(2)15-16)7-5-11-4-6-12(17)13(18)9-11;2-1(3,4)5/h3-7,9,18H,1,8H2,2H3;/q;-1/p+1. The number of benzene rings is 1. The van der Waals surface area contributed by atoms with Crippen LogP contribution < -0.4 is 4.68 Å². The molecule has 130 valence electrons. The number of halogens is 4. The molecular weight excluding hydrogens is 347 g/mol. The van der Waals surface area contributed by atoms with E-state index in [0.29, 0.717) is 6.54 Å². The number of phenolic OH excluding ortho intramolecular Hbond substituents is 2. The number of allylic oxidation sites excluding steroid dienone is 1. The number of phenols is 2. The highest BCUT2D eigenvalue weighted by Crippen LogP contribution is 2.25. The molecule has 2 rings (SSSR count). The fourth-order valence-electron chi connectivity index (χ4n) is 1.63. The second-order valence-corrected chi connectivity index (χ2v) is 5.72. The molecule has 2 N–H and O–H groups in total. The maximum atomic E-state index is 9.75. The molecule has 24 heavy (non-hydrogen) atoms. The molecule has 4 nitrogen and oxygen atoms in total. The second-order valence-electron chi connectivity index (χ2n) is 4.51. The van der Waals surface area contributed by atoms with Crippen LogP contribution in [-0.2, 0) is 6.54 Å². The van der Waals surface area contributed by atoms with Crippen molar-refractivity contribution in [1.29, 1.82) is 0 Å². The molecule has 0 radical (unpaired) electrons. The third-order valence-corrected chi connectivity index (χ3v) is 3.42. The quantitative estimate of drug-likeness (QED) is 0.286. The third-order valence-electron chi connectivity index (χ3n) is 2.49. The van der Waals surface area contributed by atoms with Gasteiger partial charge in [0.05, 0.1) is 0 Å². The Kier molecular flexibility index (Phi) is 6.96. The topological polar surface area (TPSA) is 57.2 Å². The number of rotatable bonds is 4. The summed E-state index contributed by atoms with van der Waals surface area (Å²) >= 11 is 1.59. The van der Waals surface area contributed by atoms with E-state index in [0.717, 1.165) is 15.6 Å². The summed E-state index contributed by atoms with van der Waals surface area (Å²) in [5.41, 5.74) is 0.812. The molecule has 0 unspecified atom stereocenters. The largest absolute Gasteiger partial charge is 0.673 e. The summed E-state index contributed by atoms with van der Waals surface area (Å²) in [6, 6.07) is 4.71. The van der Waals surface area contributed by atoms with Crippen LogP contribution in [-0.4, -0.2) is 22.6 Å². The fraction of sp³-hybridized carbons (Fsp3) is 0.143. The Hall–Kier alpha value is -2.36. The van der Waals surface area contributed by atoms with Crippen LogP contribution in [0.25, 0.3) is 12.2 Å². The highest BCUT2D eigenvalue weighted by Gasteiger charge is 2.20. The van der Waals surface area contributed by atoms with E-state index in [4.69, 9.17) is 0 Å². The lowest BCUT2D eigenvalue weighted by molar-refractivity contribution is -0.741. The van der Waals surface area contributed by atoms with Gasteiger partial charge in [-0.2, -0.15) is 0 Å². The van der Waals surface area contributed by atoms with Crippen LogP contribution in [0.1, 0.15) is 15.6 Å². The zero-order valence-corrected chi connectivity index (χ0v) is 13.5. The Morgan fingerprint density at radius 1 is 1.21 bits per heavy atom. The second kappa shape index (κ2) is 8.48. The van der Waals surface area contributed by atoms with E-state index in [9.17, 15) is 27.5 Å². The van der Waals surface area contributed by atoms with Crippen molar-refractivity contribution in [3.63, 3.8) is 0 Å². The summed E-state index contributed by atoms with van der Waals surface area (Å²) in [6.45, 7) is 6.31. The lowest BCUT2D eigenvalue weighted by atomic mass is 10.2. The molecule has 1 aromatic heterocycles. The SMILES string of the molecule is C=CC[n+]1nc(C)sc1/C=C/c1ccc(O)c(O)c1.F[B-](F)(F)F. The minimum absolute atomic E-state index is 0.118. The van der Waals surface area contributed by atoms with Crippen LogP contribution in [0.4, 0.5) is 17.3 Å². The Labute approximate surface area is 140 Å². The molecular formula is C14H15BF4N2O2S. The maximum absolute atomic E-state index is 9.75. The summed E-state index contributed by atoms with van der Waals surface area (Å²) in [7, 11) is -6.00. The molecule has 0 amide bonds. The van der Waals surface area contributed by atoms with Crippen LogP contribution in [0.2, 0.25) is 0 Å². The van der Waals surface area contributed by atoms with Crippen molar-refractivity contribution >= 4 is 30.7 Å². The van der Waals surface area contributed by atoms with Crippen LogP contribution in [0.5, 0.6) is 11.5 Å².